The van der Waals surface area contributed by atoms with Gasteiger partial charge in [-0.1, -0.05) is 11.2 Å². The van der Waals surface area contributed by atoms with Crippen LogP contribution < -0.4 is 9.47 Å². The summed E-state index contributed by atoms with van der Waals surface area (Å²) in [4.78, 5) is 0. The van der Waals surface area contributed by atoms with E-state index in [1.807, 2.05) is 6.07 Å². The number of aromatic nitrogens is 1. The average molecular weight is 423 g/mol. The van der Waals surface area contributed by atoms with Gasteiger partial charge in [-0.15, -0.1) is 0 Å². The number of hydrogen-bond donors (Lipinski definition) is 3. The molecule has 0 saturated carbocycles. The van der Waals surface area contributed by atoms with Gasteiger partial charge in [-0.05, 0) is 37.0 Å². The topological polar surface area (TPSA) is 139 Å². The van der Waals surface area contributed by atoms with Crippen molar-refractivity contribution in [3.8, 4) is 23.0 Å². The third-order valence-electron chi connectivity index (χ3n) is 4.31. The van der Waals surface area contributed by atoms with E-state index in [1.165, 1.54) is 13.2 Å². The first-order valence-electron chi connectivity index (χ1n) is 8.82. The van der Waals surface area contributed by atoms with Crippen molar-refractivity contribution in [3.05, 3.63) is 41.6 Å². The van der Waals surface area contributed by atoms with Crippen LogP contribution in [0.2, 0.25) is 0 Å². The zero-order valence-electron chi connectivity index (χ0n) is 15.7. The molecule has 29 heavy (non-hydrogen) atoms. The molecule has 0 amide bonds. The number of aryl methyl sites for hydroxylation is 2. The summed E-state index contributed by atoms with van der Waals surface area (Å²) in [6.45, 7) is 0.0483. The van der Waals surface area contributed by atoms with Gasteiger partial charge in [-0.2, -0.15) is 8.42 Å². The average Bonchev–Trinajstić information content (AvgIpc) is 3.06. The van der Waals surface area contributed by atoms with E-state index in [1.54, 1.807) is 18.2 Å². The molecule has 0 unspecified atom stereocenters. The minimum Gasteiger partial charge on any atom is -0.507 e. The van der Waals surface area contributed by atoms with Gasteiger partial charge < -0.3 is 24.2 Å². The first-order chi connectivity index (χ1) is 13.8. The second kappa shape index (κ2) is 8.58. The molecule has 9 nitrogen and oxygen atoms in total. The minimum atomic E-state index is -4.03. The summed E-state index contributed by atoms with van der Waals surface area (Å²) in [6, 6.07) is 8.07. The molecular formula is C19H21NO8S. The molecule has 0 fully saturated rings. The maximum absolute atomic E-state index is 10.7. The van der Waals surface area contributed by atoms with Gasteiger partial charge in [0.1, 0.15) is 11.5 Å². The lowest BCUT2D eigenvalue weighted by molar-refractivity contribution is 0.314. The highest BCUT2D eigenvalue weighted by Crippen LogP contribution is 2.34. The fraction of sp³-hybridized carbons (Fsp3) is 0.316. The molecule has 0 aliphatic heterocycles. The van der Waals surface area contributed by atoms with E-state index in [0.29, 0.717) is 41.0 Å². The lowest BCUT2D eigenvalue weighted by atomic mass is 10.0. The van der Waals surface area contributed by atoms with Gasteiger partial charge in [0, 0.05) is 12.1 Å². The molecule has 3 rings (SSSR count). The van der Waals surface area contributed by atoms with Crippen LogP contribution in [0.1, 0.15) is 17.7 Å². The molecule has 0 aliphatic rings. The van der Waals surface area contributed by atoms with E-state index >= 15 is 0 Å². The van der Waals surface area contributed by atoms with Crippen LogP contribution in [0.4, 0.5) is 0 Å². The van der Waals surface area contributed by atoms with Crippen LogP contribution in [0.25, 0.3) is 11.0 Å². The minimum absolute atomic E-state index is 0.0483. The largest absolute Gasteiger partial charge is 0.507 e. The molecule has 0 radical (unpaired) electrons. The fourth-order valence-electron chi connectivity index (χ4n) is 2.93. The Bertz CT molecular complexity index is 1110. The smallest absolute Gasteiger partial charge is 0.264 e. The highest BCUT2D eigenvalue weighted by Gasteiger charge is 2.15. The SMILES string of the molecule is COc1ccc(CCc2noc3cc(OCCCS(=O)(=O)O)cc(O)c23)cc1O. The molecule has 156 valence electrons. The number of fused-ring (bicyclic) bond motifs is 1. The predicted octanol–water partition coefficient (Wildman–Crippen LogP) is 2.69. The zero-order chi connectivity index (χ0) is 21.0. The first kappa shape index (κ1) is 20.7. The second-order valence-electron chi connectivity index (χ2n) is 6.44. The lowest BCUT2D eigenvalue weighted by Crippen LogP contribution is -2.08. The number of rotatable bonds is 9. The van der Waals surface area contributed by atoms with E-state index in [2.05, 4.69) is 5.16 Å². The van der Waals surface area contributed by atoms with E-state index in [-0.39, 0.29) is 24.5 Å². The number of benzene rings is 2. The second-order valence-corrected chi connectivity index (χ2v) is 8.01. The summed E-state index contributed by atoms with van der Waals surface area (Å²) < 4.78 is 45.8. The molecule has 0 aliphatic carbocycles. The number of phenolic OH excluding ortho intramolecular Hbond substituents is 2. The Kier molecular flexibility index (Phi) is 6.14. The van der Waals surface area contributed by atoms with Crippen molar-refractivity contribution in [1.82, 2.24) is 5.16 Å². The number of hydrogen-bond acceptors (Lipinski definition) is 8. The Labute approximate surface area is 167 Å². The standard InChI is InChI=1S/C19H21NO8S/c1-26-17-6-4-12(9-15(17)21)3-5-14-19-16(22)10-13(11-18(19)28-20-14)27-7-2-8-29(23,24)25/h4,6,9-11,21-22H,2-3,5,7-8H2,1H3,(H,23,24,25). The summed E-state index contributed by atoms with van der Waals surface area (Å²) >= 11 is 0. The number of methoxy groups -OCH3 is 1. The quantitative estimate of drug-likeness (QED) is 0.350. The van der Waals surface area contributed by atoms with Crippen LogP contribution in [-0.2, 0) is 23.0 Å². The summed E-state index contributed by atoms with van der Waals surface area (Å²) in [6.07, 6.45) is 1.14. The summed E-state index contributed by atoms with van der Waals surface area (Å²) in [5, 5.41) is 24.7. The molecule has 0 bridgehead atoms. The summed E-state index contributed by atoms with van der Waals surface area (Å²) in [5.74, 6) is 0.263. The predicted molar refractivity (Wildman–Crippen MR) is 104 cm³/mol. The van der Waals surface area contributed by atoms with Gasteiger partial charge in [0.25, 0.3) is 10.1 Å². The van der Waals surface area contributed by atoms with Crippen LogP contribution in [0, 0.1) is 0 Å². The van der Waals surface area contributed by atoms with Gasteiger partial charge >= 0.3 is 0 Å². The van der Waals surface area contributed by atoms with Gasteiger partial charge in [0.15, 0.2) is 17.1 Å². The highest BCUT2D eigenvalue weighted by molar-refractivity contribution is 7.85. The fourth-order valence-corrected chi connectivity index (χ4v) is 3.41. The molecule has 0 spiro atoms. The number of nitrogens with zero attached hydrogens (tertiary/aromatic N) is 1. The monoisotopic (exact) mass is 423 g/mol. The molecule has 1 aromatic heterocycles. The Morgan fingerprint density at radius 3 is 2.59 bits per heavy atom. The van der Waals surface area contributed by atoms with Crippen molar-refractivity contribution >= 4 is 21.1 Å². The van der Waals surface area contributed by atoms with E-state index in [0.717, 1.165) is 5.56 Å². The number of ether oxygens (including phenoxy) is 2. The lowest BCUT2D eigenvalue weighted by Gasteiger charge is -2.07. The summed E-state index contributed by atoms with van der Waals surface area (Å²) in [7, 11) is -2.56. The molecule has 10 heteroatoms. The molecule has 2 aromatic carbocycles. The van der Waals surface area contributed by atoms with Gasteiger partial charge in [-0.3, -0.25) is 4.55 Å². The zero-order valence-corrected chi connectivity index (χ0v) is 16.5. The molecule has 3 N–H and O–H groups in total. The van der Waals surface area contributed by atoms with Crippen molar-refractivity contribution in [2.75, 3.05) is 19.5 Å². The highest BCUT2D eigenvalue weighted by atomic mass is 32.2. The first-order valence-corrected chi connectivity index (χ1v) is 10.4. The van der Waals surface area contributed by atoms with Crippen LogP contribution in [0.15, 0.2) is 34.9 Å². The van der Waals surface area contributed by atoms with E-state index in [9.17, 15) is 18.6 Å². The van der Waals surface area contributed by atoms with Crippen molar-refractivity contribution in [1.29, 1.82) is 0 Å². The maximum atomic E-state index is 10.7. The Balaban J connectivity index is 1.68. The molecule has 0 atom stereocenters. The van der Waals surface area contributed by atoms with E-state index in [4.69, 9.17) is 18.5 Å². The van der Waals surface area contributed by atoms with Crippen LogP contribution in [0.3, 0.4) is 0 Å². The van der Waals surface area contributed by atoms with Gasteiger partial charge in [0.2, 0.25) is 0 Å². The molecule has 1 heterocycles. The van der Waals surface area contributed by atoms with E-state index < -0.39 is 15.9 Å². The normalized spacial score (nSPS) is 11.7. The Morgan fingerprint density at radius 2 is 1.90 bits per heavy atom. The third kappa shape index (κ3) is 5.30. The maximum Gasteiger partial charge on any atom is 0.264 e. The van der Waals surface area contributed by atoms with Gasteiger partial charge in [0.05, 0.1) is 30.5 Å². The van der Waals surface area contributed by atoms with Crippen molar-refractivity contribution in [3.63, 3.8) is 0 Å². The van der Waals surface area contributed by atoms with Crippen molar-refractivity contribution in [2.45, 2.75) is 19.3 Å². The van der Waals surface area contributed by atoms with Crippen molar-refractivity contribution in [2.24, 2.45) is 0 Å². The summed E-state index contributed by atoms with van der Waals surface area (Å²) in [5.41, 5.74) is 1.77. The third-order valence-corrected chi connectivity index (χ3v) is 5.11. The Morgan fingerprint density at radius 1 is 1.10 bits per heavy atom. The van der Waals surface area contributed by atoms with Crippen molar-refractivity contribution < 1.29 is 37.2 Å². The van der Waals surface area contributed by atoms with Gasteiger partial charge in [-0.25, -0.2) is 0 Å². The molecule has 3 aromatic rings. The molecule has 0 saturated heterocycles. The van der Waals surface area contributed by atoms with Crippen LogP contribution in [-0.4, -0.2) is 47.8 Å². The van der Waals surface area contributed by atoms with Crippen LogP contribution in [0.5, 0.6) is 23.0 Å². The Hall–Kier alpha value is -2.98. The number of aromatic hydroxyl groups is 2. The molecular weight excluding hydrogens is 402 g/mol. The van der Waals surface area contributed by atoms with Crippen LogP contribution >= 0.6 is 0 Å². The number of phenols is 2.